The molecule has 84 valence electrons. The Kier molecular flexibility index (Phi) is 8.64. The second kappa shape index (κ2) is 9.38. The first-order valence-corrected chi connectivity index (χ1v) is 5.51. The van der Waals surface area contributed by atoms with E-state index >= 15 is 0 Å². The van der Waals surface area contributed by atoms with Crippen molar-refractivity contribution in [3.8, 4) is 0 Å². The third-order valence-corrected chi connectivity index (χ3v) is 2.30. The van der Waals surface area contributed by atoms with Crippen molar-refractivity contribution in [2.45, 2.75) is 44.9 Å². The molecule has 15 heavy (non-hydrogen) atoms. The molecule has 0 fully saturated rings. The summed E-state index contributed by atoms with van der Waals surface area (Å²) in [6.45, 7) is 6.84. The number of hydrogen-bond acceptors (Lipinski definition) is 2. The van der Waals surface area contributed by atoms with Crippen molar-refractivity contribution in [1.29, 1.82) is 0 Å². The summed E-state index contributed by atoms with van der Waals surface area (Å²) in [7, 11) is 0. The van der Waals surface area contributed by atoms with Gasteiger partial charge in [0.1, 0.15) is 0 Å². The zero-order valence-corrected chi connectivity index (χ0v) is 9.34. The van der Waals surface area contributed by atoms with Gasteiger partial charge in [0.2, 0.25) is 0 Å². The fraction of sp³-hybridized carbons (Fsp3) is 0.538. The smallest absolute Gasteiger partial charge is 0.155 e. The molecule has 0 heterocycles. The van der Waals surface area contributed by atoms with Crippen LogP contribution in [0.2, 0.25) is 0 Å². The molecule has 0 atom stereocenters. The number of carbonyl (C=O) groups excluding carboxylic acids is 2. The average Bonchev–Trinajstić information content (AvgIpc) is 2.26. The van der Waals surface area contributed by atoms with Crippen molar-refractivity contribution >= 4 is 11.6 Å². The van der Waals surface area contributed by atoms with Crippen molar-refractivity contribution in [3.63, 3.8) is 0 Å². The van der Waals surface area contributed by atoms with Gasteiger partial charge in [0.25, 0.3) is 0 Å². The Bertz CT molecular complexity index is 205. The van der Waals surface area contributed by atoms with Crippen LogP contribution in [-0.4, -0.2) is 11.6 Å². The van der Waals surface area contributed by atoms with Gasteiger partial charge in [-0.05, 0) is 25.0 Å². The highest BCUT2D eigenvalue weighted by atomic mass is 16.1. The first-order chi connectivity index (χ1) is 7.20. The third-order valence-electron chi connectivity index (χ3n) is 2.30. The van der Waals surface area contributed by atoms with Gasteiger partial charge in [-0.15, -0.1) is 0 Å². The molecular weight excluding hydrogens is 188 g/mol. The first kappa shape index (κ1) is 13.8. The third kappa shape index (κ3) is 9.13. The van der Waals surface area contributed by atoms with Crippen LogP contribution in [0.1, 0.15) is 44.9 Å². The molecular formula is C13H20O2. The van der Waals surface area contributed by atoms with Gasteiger partial charge in [0.15, 0.2) is 11.6 Å². The molecule has 0 rings (SSSR count). The van der Waals surface area contributed by atoms with Crippen LogP contribution in [0.4, 0.5) is 0 Å². The lowest BCUT2D eigenvalue weighted by atomic mass is 10.1. The summed E-state index contributed by atoms with van der Waals surface area (Å²) in [5, 5.41) is 0. The van der Waals surface area contributed by atoms with Crippen LogP contribution in [0, 0.1) is 0 Å². The Balaban J connectivity index is 3.18. The fourth-order valence-corrected chi connectivity index (χ4v) is 1.33. The van der Waals surface area contributed by atoms with Gasteiger partial charge in [-0.3, -0.25) is 9.59 Å². The van der Waals surface area contributed by atoms with Crippen molar-refractivity contribution < 1.29 is 9.59 Å². The minimum atomic E-state index is 0.122. The SMILES string of the molecule is C=CC(=O)CCCCCCCC(=O)C=C. The molecule has 0 radical (unpaired) electrons. The number of ketones is 2. The molecule has 2 heteroatoms. The van der Waals surface area contributed by atoms with E-state index in [1.54, 1.807) is 0 Å². The van der Waals surface area contributed by atoms with E-state index in [2.05, 4.69) is 13.2 Å². The maximum atomic E-state index is 10.9. The van der Waals surface area contributed by atoms with Gasteiger partial charge in [0.05, 0.1) is 0 Å². The lowest BCUT2D eigenvalue weighted by Crippen LogP contribution is -1.93. The molecule has 0 aliphatic carbocycles. The first-order valence-electron chi connectivity index (χ1n) is 5.51. The van der Waals surface area contributed by atoms with Gasteiger partial charge in [0, 0.05) is 12.8 Å². The van der Waals surface area contributed by atoms with Gasteiger partial charge in [-0.1, -0.05) is 32.4 Å². The molecule has 0 saturated carbocycles. The van der Waals surface area contributed by atoms with Crippen molar-refractivity contribution in [1.82, 2.24) is 0 Å². The predicted octanol–water partition coefficient (Wildman–Crippen LogP) is 3.23. The molecule has 0 bridgehead atoms. The molecule has 0 aromatic rings. The van der Waals surface area contributed by atoms with E-state index < -0.39 is 0 Å². The van der Waals surface area contributed by atoms with Crippen LogP contribution in [0.3, 0.4) is 0 Å². The largest absolute Gasteiger partial charge is 0.295 e. The summed E-state index contributed by atoms with van der Waals surface area (Å²) < 4.78 is 0. The summed E-state index contributed by atoms with van der Waals surface area (Å²) in [4.78, 5) is 21.7. The highest BCUT2D eigenvalue weighted by Gasteiger charge is 1.97. The lowest BCUT2D eigenvalue weighted by Gasteiger charge is -1.99. The minimum Gasteiger partial charge on any atom is -0.295 e. The van der Waals surface area contributed by atoms with Crippen LogP contribution in [0.5, 0.6) is 0 Å². The molecule has 0 spiro atoms. The summed E-state index contributed by atoms with van der Waals surface area (Å²) in [5.74, 6) is 0.244. The highest BCUT2D eigenvalue weighted by Crippen LogP contribution is 2.08. The van der Waals surface area contributed by atoms with Gasteiger partial charge < -0.3 is 0 Å². The van der Waals surface area contributed by atoms with Gasteiger partial charge >= 0.3 is 0 Å². The van der Waals surface area contributed by atoms with Crippen molar-refractivity contribution in [2.24, 2.45) is 0 Å². The Hall–Kier alpha value is -1.18. The molecule has 0 aromatic heterocycles. The van der Waals surface area contributed by atoms with E-state index in [4.69, 9.17) is 0 Å². The predicted molar refractivity (Wildman–Crippen MR) is 62.7 cm³/mol. The second-order valence-electron chi connectivity index (χ2n) is 3.61. The zero-order chi connectivity index (χ0) is 11.5. The van der Waals surface area contributed by atoms with Crippen molar-refractivity contribution in [3.05, 3.63) is 25.3 Å². The molecule has 0 aliphatic heterocycles. The number of rotatable bonds is 10. The van der Waals surface area contributed by atoms with E-state index in [0.717, 1.165) is 32.1 Å². The number of allylic oxidation sites excluding steroid dienone is 2. The van der Waals surface area contributed by atoms with E-state index in [0.29, 0.717) is 12.8 Å². The number of hydrogen-bond donors (Lipinski definition) is 0. The fourth-order valence-electron chi connectivity index (χ4n) is 1.33. The van der Waals surface area contributed by atoms with E-state index in [1.165, 1.54) is 12.2 Å². The lowest BCUT2D eigenvalue weighted by molar-refractivity contribution is -0.115. The van der Waals surface area contributed by atoms with Gasteiger partial charge in [-0.25, -0.2) is 0 Å². The molecule has 0 N–H and O–H groups in total. The minimum absolute atomic E-state index is 0.122. The van der Waals surface area contributed by atoms with Crippen LogP contribution in [0.15, 0.2) is 25.3 Å². The van der Waals surface area contributed by atoms with E-state index in [1.807, 2.05) is 0 Å². The zero-order valence-electron chi connectivity index (χ0n) is 9.34. The van der Waals surface area contributed by atoms with E-state index in [9.17, 15) is 9.59 Å². The van der Waals surface area contributed by atoms with Crippen LogP contribution < -0.4 is 0 Å². The number of unbranched alkanes of at least 4 members (excludes halogenated alkanes) is 4. The maximum absolute atomic E-state index is 10.9. The van der Waals surface area contributed by atoms with Crippen LogP contribution in [-0.2, 0) is 9.59 Å². The topological polar surface area (TPSA) is 34.1 Å². The average molecular weight is 208 g/mol. The second-order valence-corrected chi connectivity index (χ2v) is 3.61. The monoisotopic (exact) mass is 208 g/mol. The van der Waals surface area contributed by atoms with Crippen LogP contribution >= 0.6 is 0 Å². The molecule has 0 amide bonds. The summed E-state index contributed by atoms with van der Waals surface area (Å²) in [6, 6.07) is 0. The summed E-state index contributed by atoms with van der Waals surface area (Å²) in [6.07, 6.45) is 9.04. The number of carbonyl (C=O) groups is 2. The molecule has 0 saturated heterocycles. The van der Waals surface area contributed by atoms with E-state index in [-0.39, 0.29) is 11.6 Å². The summed E-state index contributed by atoms with van der Waals surface area (Å²) in [5.41, 5.74) is 0. The molecule has 2 nitrogen and oxygen atoms in total. The summed E-state index contributed by atoms with van der Waals surface area (Å²) >= 11 is 0. The quantitative estimate of drug-likeness (QED) is 0.408. The Labute approximate surface area is 92.1 Å². The standard InChI is InChI=1S/C13H20O2/c1-3-12(14)10-8-6-5-7-9-11-13(15)4-2/h3-4H,1-2,5-11H2. The molecule has 0 unspecified atom stereocenters. The Morgan fingerprint density at radius 2 is 1.07 bits per heavy atom. The normalized spacial score (nSPS) is 9.60. The van der Waals surface area contributed by atoms with Gasteiger partial charge in [-0.2, -0.15) is 0 Å². The maximum Gasteiger partial charge on any atom is 0.155 e. The Morgan fingerprint density at radius 3 is 1.40 bits per heavy atom. The Morgan fingerprint density at radius 1 is 0.733 bits per heavy atom. The highest BCUT2D eigenvalue weighted by molar-refractivity contribution is 5.89. The molecule has 0 aliphatic rings. The van der Waals surface area contributed by atoms with Crippen LogP contribution in [0.25, 0.3) is 0 Å². The molecule has 0 aromatic carbocycles. The van der Waals surface area contributed by atoms with Crippen molar-refractivity contribution in [2.75, 3.05) is 0 Å².